The molecular weight excluding hydrogens is 238 g/mol. The Morgan fingerprint density at radius 2 is 1.95 bits per heavy atom. The summed E-state index contributed by atoms with van der Waals surface area (Å²) in [6.07, 6.45) is 3.26. The van der Waals surface area contributed by atoms with Crippen LogP contribution in [0.25, 0.3) is 0 Å². The number of hydrogen-bond acceptors (Lipinski definition) is 4. The summed E-state index contributed by atoms with van der Waals surface area (Å²) < 4.78 is 0. The third-order valence-electron chi connectivity index (χ3n) is 3.28. The van der Waals surface area contributed by atoms with E-state index in [2.05, 4.69) is 41.9 Å². The van der Waals surface area contributed by atoms with E-state index in [1.807, 2.05) is 19.2 Å². The molecule has 4 nitrogen and oxygen atoms in total. The third kappa shape index (κ3) is 5.17. The summed E-state index contributed by atoms with van der Waals surface area (Å²) in [5, 5.41) is 9.74. The summed E-state index contributed by atoms with van der Waals surface area (Å²) in [7, 11) is 4.19. The van der Waals surface area contributed by atoms with E-state index in [4.69, 9.17) is 0 Å². The molecule has 108 valence electrons. The average molecular weight is 265 g/mol. The third-order valence-corrected chi connectivity index (χ3v) is 3.28. The van der Waals surface area contributed by atoms with Gasteiger partial charge in [0.15, 0.2) is 0 Å². The zero-order valence-electron chi connectivity index (χ0n) is 12.6. The summed E-state index contributed by atoms with van der Waals surface area (Å²) >= 11 is 0. The van der Waals surface area contributed by atoms with Crippen molar-refractivity contribution < 1.29 is 5.11 Å². The topological polar surface area (TPSA) is 39.6 Å². The lowest BCUT2D eigenvalue weighted by molar-refractivity contribution is 0.169. The minimum Gasteiger partial charge on any atom is -0.387 e. The lowest BCUT2D eigenvalue weighted by atomic mass is 10.2. The van der Waals surface area contributed by atoms with Crippen LogP contribution in [0.15, 0.2) is 18.3 Å². The van der Waals surface area contributed by atoms with Crippen LogP contribution >= 0.6 is 0 Å². The largest absolute Gasteiger partial charge is 0.387 e. The van der Waals surface area contributed by atoms with Crippen LogP contribution in [0.1, 0.15) is 38.5 Å². The van der Waals surface area contributed by atoms with Gasteiger partial charge in [0.1, 0.15) is 0 Å². The van der Waals surface area contributed by atoms with E-state index in [0.717, 1.165) is 37.4 Å². The van der Waals surface area contributed by atoms with Crippen LogP contribution in [-0.4, -0.2) is 48.7 Å². The van der Waals surface area contributed by atoms with Crippen LogP contribution in [0.2, 0.25) is 0 Å². The molecule has 1 N–H and O–H groups in total. The van der Waals surface area contributed by atoms with Crippen molar-refractivity contribution in [2.75, 3.05) is 38.6 Å². The van der Waals surface area contributed by atoms with Crippen molar-refractivity contribution in [2.24, 2.45) is 0 Å². The molecule has 4 heteroatoms. The van der Waals surface area contributed by atoms with E-state index in [9.17, 15) is 5.11 Å². The van der Waals surface area contributed by atoms with Crippen LogP contribution in [0.4, 0.5) is 5.69 Å². The van der Waals surface area contributed by atoms with Crippen molar-refractivity contribution in [3.05, 3.63) is 24.0 Å². The first-order chi connectivity index (χ1) is 9.08. The molecule has 0 aliphatic rings. The van der Waals surface area contributed by atoms with Crippen LogP contribution in [0.3, 0.4) is 0 Å². The predicted octanol–water partition coefficient (Wildman–Crippen LogP) is 2.30. The second-order valence-corrected chi connectivity index (χ2v) is 5.10. The summed E-state index contributed by atoms with van der Waals surface area (Å²) in [6, 6.07) is 3.98. The molecule has 0 aromatic carbocycles. The second-order valence-electron chi connectivity index (χ2n) is 5.10. The molecule has 1 aromatic heterocycles. The molecule has 0 saturated carbocycles. The molecule has 0 amide bonds. The van der Waals surface area contributed by atoms with Crippen LogP contribution < -0.4 is 4.90 Å². The molecule has 0 fully saturated rings. The molecule has 1 atom stereocenters. The van der Waals surface area contributed by atoms with Gasteiger partial charge in [-0.05, 0) is 52.5 Å². The molecule has 0 unspecified atom stereocenters. The van der Waals surface area contributed by atoms with Crippen molar-refractivity contribution in [1.82, 2.24) is 9.88 Å². The molecule has 0 aliphatic heterocycles. The standard InChI is InChI=1S/C15H27N3O/c1-5-15(19)14-9-8-13(12-16-14)18(6-2)11-7-10-17(3)4/h8-9,12,15,19H,5-7,10-11H2,1-4H3/t15-/m0/s1. The van der Waals surface area contributed by atoms with Gasteiger partial charge in [0.25, 0.3) is 0 Å². The molecule has 1 rings (SSSR count). The molecular formula is C15H27N3O. The summed E-state index contributed by atoms with van der Waals surface area (Å²) in [4.78, 5) is 8.88. The van der Waals surface area contributed by atoms with E-state index in [0.29, 0.717) is 6.42 Å². The lowest BCUT2D eigenvalue weighted by Gasteiger charge is -2.24. The number of aromatic nitrogens is 1. The van der Waals surface area contributed by atoms with E-state index < -0.39 is 6.10 Å². The number of aliphatic hydroxyl groups excluding tert-OH is 1. The minimum atomic E-state index is -0.446. The highest BCUT2D eigenvalue weighted by molar-refractivity contribution is 5.44. The average Bonchev–Trinajstić information content (AvgIpc) is 2.43. The van der Waals surface area contributed by atoms with E-state index in [1.165, 1.54) is 0 Å². The first kappa shape index (κ1) is 15.9. The Labute approximate surface area is 117 Å². The van der Waals surface area contributed by atoms with Gasteiger partial charge in [-0.2, -0.15) is 0 Å². The molecule has 0 spiro atoms. The first-order valence-electron chi connectivity index (χ1n) is 7.12. The maximum atomic E-state index is 9.74. The SMILES string of the molecule is CC[C@H](O)c1ccc(N(CC)CCCN(C)C)cn1. The number of rotatable bonds is 8. The minimum absolute atomic E-state index is 0.446. The van der Waals surface area contributed by atoms with Crippen molar-refractivity contribution in [1.29, 1.82) is 0 Å². The summed E-state index contributed by atoms with van der Waals surface area (Å²) in [6.45, 7) is 7.22. The molecule has 0 saturated heterocycles. The molecule has 0 radical (unpaired) electrons. The maximum absolute atomic E-state index is 9.74. The predicted molar refractivity (Wildman–Crippen MR) is 80.5 cm³/mol. The Balaban J connectivity index is 2.60. The number of anilines is 1. The van der Waals surface area contributed by atoms with E-state index >= 15 is 0 Å². The summed E-state index contributed by atoms with van der Waals surface area (Å²) in [5.41, 5.74) is 1.89. The highest BCUT2D eigenvalue weighted by atomic mass is 16.3. The van der Waals surface area contributed by atoms with Crippen molar-refractivity contribution in [3.8, 4) is 0 Å². The van der Waals surface area contributed by atoms with Gasteiger partial charge in [-0.1, -0.05) is 6.92 Å². The maximum Gasteiger partial charge on any atom is 0.0957 e. The highest BCUT2D eigenvalue weighted by Crippen LogP contribution is 2.18. The second kappa shape index (κ2) is 8.12. The van der Waals surface area contributed by atoms with Gasteiger partial charge in [0, 0.05) is 13.1 Å². The van der Waals surface area contributed by atoms with Gasteiger partial charge in [0.05, 0.1) is 23.7 Å². The van der Waals surface area contributed by atoms with Crippen molar-refractivity contribution in [2.45, 2.75) is 32.8 Å². The Hall–Kier alpha value is -1.13. The molecule has 1 heterocycles. The molecule has 19 heavy (non-hydrogen) atoms. The van der Waals surface area contributed by atoms with E-state index in [1.54, 1.807) is 0 Å². The van der Waals surface area contributed by atoms with Gasteiger partial charge in [-0.3, -0.25) is 4.98 Å². The monoisotopic (exact) mass is 265 g/mol. The van der Waals surface area contributed by atoms with Crippen LogP contribution in [0, 0.1) is 0 Å². The Morgan fingerprint density at radius 3 is 2.42 bits per heavy atom. The number of hydrogen-bond donors (Lipinski definition) is 1. The zero-order chi connectivity index (χ0) is 14.3. The first-order valence-corrected chi connectivity index (χ1v) is 7.12. The number of pyridine rings is 1. The Morgan fingerprint density at radius 1 is 1.21 bits per heavy atom. The Bertz CT molecular complexity index is 351. The number of aliphatic hydroxyl groups is 1. The number of nitrogens with zero attached hydrogens (tertiary/aromatic N) is 3. The van der Waals surface area contributed by atoms with Gasteiger partial charge in [-0.15, -0.1) is 0 Å². The fourth-order valence-corrected chi connectivity index (χ4v) is 2.04. The molecule has 0 bridgehead atoms. The fourth-order valence-electron chi connectivity index (χ4n) is 2.04. The molecule has 1 aromatic rings. The Kier molecular flexibility index (Phi) is 6.81. The van der Waals surface area contributed by atoms with Gasteiger partial charge < -0.3 is 14.9 Å². The van der Waals surface area contributed by atoms with Crippen molar-refractivity contribution >= 4 is 5.69 Å². The van der Waals surface area contributed by atoms with Gasteiger partial charge in [-0.25, -0.2) is 0 Å². The smallest absolute Gasteiger partial charge is 0.0957 e. The fraction of sp³-hybridized carbons (Fsp3) is 0.667. The zero-order valence-corrected chi connectivity index (χ0v) is 12.6. The summed E-state index contributed by atoms with van der Waals surface area (Å²) in [5.74, 6) is 0. The molecule has 0 aliphatic carbocycles. The van der Waals surface area contributed by atoms with Gasteiger partial charge in [0.2, 0.25) is 0 Å². The van der Waals surface area contributed by atoms with Crippen molar-refractivity contribution in [3.63, 3.8) is 0 Å². The van der Waals surface area contributed by atoms with Gasteiger partial charge >= 0.3 is 0 Å². The van der Waals surface area contributed by atoms with Crippen LogP contribution in [0.5, 0.6) is 0 Å². The van der Waals surface area contributed by atoms with Crippen LogP contribution in [-0.2, 0) is 0 Å². The van der Waals surface area contributed by atoms with E-state index in [-0.39, 0.29) is 0 Å². The highest BCUT2D eigenvalue weighted by Gasteiger charge is 2.08. The quantitative estimate of drug-likeness (QED) is 0.783. The normalized spacial score (nSPS) is 12.7. The lowest BCUT2D eigenvalue weighted by Crippen LogP contribution is -2.27.